The fourth-order valence-corrected chi connectivity index (χ4v) is 3.87. The lowest BCUT2D eigenvalue weighted by atomic mass is 9.79. The van der Waals surface area contributed by atoms with Crippen molar-refractivity contribution in [2.24, 2.45) is 11.7 Å². The van der Waals surface area contributed by atoms with E-state index in [9.17, 15) is 4.79 Å². The zero-order valence-electron chi connectivity index (χ0n) is 11.1. The molecule has 1 amide bonds. The van der Waals surface area contributed by atoms with Crippen LogP contribution in [0.25, 0.3) is 10.1 Å². The first-order chi connectivity index (χ1) is 9.61. The molecule has 3 N–H and O–H groups in total. The minimum absolute atomic E-state index is 0.00550. The number of carbonyl (C=O) groups excluding carboxylic acids is 1. The molecule has 0 spiro atoms. The van der Waals surface area contributed by atoms with Crippen LogP contribution in [-0.2, 0) is 0 Å². The smallest absolute Gasteiger partial charge is 0.261 e. The molecule has 3 rings (SSSR count). The summed E-state index contributed by atoms with van der Waals surface area (Å²) in [7, 11) is 0. The van der Waals surface area contributed by atoms with E-state index in [4.69, 9.17) is 17.3 Å². The van der Waals surface area contributed by atoms with Crippen LogP contribution in [0.1, 0.15) is 28.9 Å². The molecule has 0 bridgehead atoms. The van der Waals surface area contributed by atoms with E-state index in [-0.39, 0.29) is 5.91 Å². The highest BCUT2D eigenvalue weighted by molar-refractivity contribution is 7.20. The van der Waals surface area contributed by atoms with Gasteiger partial charge in [-0.05, 0) is 48.8 Å². The Hall–Kier alpha value is -1.10. The highest BCUT2D eigenvalue weighted by Crippen LogP contribution is 2.29. The van der Waals surface area contributed by atoms with Gasteiger partial charge in [-0.15, -0.1) is 11.3 Å². The van der Waals surface area contributed by atoms with Crippen LogP contribution in [-0.4, -0.2) is 18.5 Å². The fraction of sp³-hybridized carbons (Fsp3) is 0.400. The number of benzene rings is 1. The van der Waals surface area contributed by atoms with Crippen LogP contribution in [0.15, 0.2) is 24.3 Å². The van der Waals surface area contributed by atoms with E-state index < -0.39 is 0 Å². The average molecular weight is 309 g/mol. The van der Waals surface area contributed by atoms with Crippen LogP contribution in [0.5, 0.6) is 0 Å². The second-order valence-corrected chi connectivity index (χ2v) is 6.96. The molecule has 1 aromatic carbocycles. The van der Waals surface area contributed by atoms with Crippen LogP contribution in [0, 0.1) is 5.92 Å². The third-order valence-electron chi connectivity index (χ3n) is 3.82. The van der Waals surface area contributed by atoms with Gasteiger partial charge in [0.05, 0.1) is 4.88 Å². The summed E-state index contributed by atoms with van der Waals surface area (Å²) in [5, 5.41) is 4.75. The van der Waals surface area contributed by atoms with Gasteiger partial charge in [0.2, 0.25) is 0 Å². The van der Waals surface area contributed by atoms with Gasteiger partial charge in [-0.3, -0.25) is 4.79 Å². The summed E-state index contributed by atoms with van der Waals surface area (Å²) in [6.07, 6.45) is 3.21. The Morgan fingerprint density at radius 3 is 2.95 bits per heavy atom. The first-order valence-electron chi connectivity index (χ1n) is 6.84. The molecule has 20 heavy (non-hydrogen) atoms. The Morgan fingerprint density at radius 2 is 2.20 bits per heavy atom. The van der Waals surface area contributed by atoms with E-state index in [1.54, 1.807) is 0 Å². The van der Waals surface area contributed by atoms with Crippen molar-refractivity contribution in [1.82, 2.24) is 5.32 Å². The predicted octanol–water partition coefficient (Wildman–Crippen LogP) is 3.41. The van der Waals surface area contributed by atoms with Crippen molar-refractivity contribution in [3.8, 4) is 0 Å². The van der Waals surface area contributed by atoms with Gasteiger partial charge < -0.3 is 11.1 Å². The third-order valence-corrected chi connectivity index (χ3v) is 5.15. The Balaban J connectivity index is 1.58. The zero-order valence-corrected chi connectivity index (χ0v) is 12.6. The van der Waals surface area contributed by atoms with Gasteiger partial charge in [0, 0.05) is 22.3 Å². The number of nitrogens with two attached hydrogens (primary N) is 1. The largest absolute Gasteiger partial charge is 0.351 e. The minimum atomic E-state index is 0.00550. The topological polar surface area (TPSA) is 55.1 Å². The number of carbonyl (C=O) groups is 1. The van der Waals surface area contributed by atoms with E-state index >= 15 is 0 Å². The summed E-state index contributed by atoms with van der Waals surface area (Å²) in [4.78, 5) is 12.8. The SMILES string of the molecule is NC1CC(CCNC(=O)c2cc3ccc(Cl)cc3s2)C1. The second-order valence-electron chi connectivity index (χ2n) is 5.43. The Bertz CT molecular complexity index is 634. The minimum Gasteiger partial charge on any atom is -0.351 e. The molecule has 0 radical (unpaired) electrons. The number of halogens is 1. The van der Waals surface area contributed by atoms with Crippen molar-refractivity contribution in [1.29, 1.82) is 0 Å². The molecule has 1 aromatic heterocycles. The van der Waals surface area contributed by atoms with E-state index in [0.29, 0.717) is 17.0 Å². The molecule has 1 heterocycles. The van der Waals surface area contributed by atoms with E-state index in [1.165, 1.54) is 11.3 Å². The van der Waals surface area contributed by atoms with Gasteiger partial charge >= 0.3 is 0 Å². The quantitative estimate of drug-likeness (QED) is 0.909. The van der Waals surface area contributed by atoms with Crippen LogP contribution < -0.4 is 11.1 Å². The number of thiophene rings is 1. The van der Waals surface area contributed by atoms with Crippen LogP contribution in [0.2, 0.25) is 5.02 Å². The van der Waals surface area contributed by atoms with Gasteiger partial charge in [-0.25, -0.2) is 0 Å². The number of amides is 1. The summed E-state index contributed by atoms with van der Waals surface area (Å²) < 4.78 is 1.05. The molecule has 106 valence electrons. The van der Waals surface area contributed by atoms with Gasteiger partial charge in [0.15, 0.2) is 0 Å². The molecular weight excluding hydrogens is 292 g/mol. The van der Waals surface area contributed by atoms with Crippen LogP contribution >= 0.6 is 22.9 Å². The van der Waals surface area contributed by atoms with Crippen molar-refractivity contribution < 1.29 is 4.79 Å². The van der Waals surface area contributed by atoms with Gasteiger partial charge in [-0.1, -0.05) is 17.7 Å². The zero-order chi connectivity index (χ0) is 14.1. The molecule has 0 atom stereocenters. The first kappa shape index (κ1) is 13.9. The molecule has 5 heteroatoms. The van der Waals surface area contributed by atoms with E-state index in [1.807, 2.05) is 24.3 Å². The second kappa shape index (κ2) is 5.72. The van der Waals surface area contributed by atoms with Crippen molar-refractivity contribution in [2.75, 3.05) is 6.54 Å². The molecule has 1 aliphatic carbocycles. The highest BCUT2D eigenvalue weighted by atomic mass is 35.5. The lowest BCUT2D eigenvalue weighted by Gasteiger charge is -2.32. The normalized spacial score (nSPS) is 21.7. The predicted molar refractivity (Wildman–Crippen MR) is 84.5 cm³/mol. The van der Waals surface area contributed by atoms with Gasteiger partial charge in [-0.2, -0.15) is 0 Å². The monoisotopic (exact) mass is 308 g/mol. The molecule has 3 nitrogen and oxygen atoms in total. The first-order valence-corrected chi connectivity index (χ1v) is 8.04. The van der Waals surface area contributed by atoms with Gasteiger partial charge in [0.1, 0.15) is 0 Å². The Labute approximate surface area is 127 Å². The number of rotatable bonds is 4. The molecule has 1 fully saturated rings. The lowest BCUT2D eigenvalue weighted by Crippen LogP contribution is -2.38. The van der Waals surface area contributed by atoms with Crippen LogP contribution in [0.3, 0.4) is 0 Å². The Kier molecular flexibility index (Phi) is 3.96. The average Bonchev–Trinajstić information content (AvgIpc) is 2.79. The van der Waals surface area contributed by atoms with Crippen molar-refractivity contribution in [3.63, 3.8) is 0 Å². The summed E-state index contributed by atoms with van der Waals surface area (Å²) in [6, 6.07) is 7.99. The Morgan fingerprint density at radius 1 is 1.40 bits per heavy atom. The molecule has 0 saturated heterocycles. The molecule has 1 saturated carbocycles. The summed E-state index contributed by atoms with van der Waals surface area (Å²) in [6.45, 7) is 0.727. The fourth-order valence-electron chi connectivity index (χ4n) is 2.62. The number of hydrogen-bond acceptors (Lipinski definition) is 3. The van der Waals surface area contributed by atoms with Gasteiger partial charge in [0.25, 0.3) is 5.91 Å². The maximum absolute atomic E-state index is 12.1. The lowest BCUT2D eigenvalue weighted by molar-refractivity contribution is 0.0952. The summed E-state index contributed by atoms with van der Waals surface area (Å²) >= 11 is 7.44. The number of hydrogen-bond donors (Lipinski definition) is 2. The highest BCUT2D eigenvalue weighted by Gasteiger charge is 2.25. The van der Waals surface area contributed by atoms with E-state index in [0.717, 1.165) is 40.8 Å². The maximum Gasteiger partial charge on any atom is 0.261 e. The van der Waals surface area contributed by atoms with Crippen LogP contribution in [0.4, 0.5) is 0 Å². The van der Waals surface area contributed by atoms with Crippen molar-refractivity contribution in [2.45, 2.75) is 25.3 Å². The number of nitrogens with one attached hydrogen (secondary N) is 1. The molecular formula is C15H17ClN2OS. The summed E-state index contributed by atoms with van der Waals surface area (Å²) in [5.74, 6) is 0.692. The molecule has 0 aliphatic heterocycles. The number of fused-ring (bicyclic) bond motifs is 1. The maximum atomic E-state index is 12.1. The molecule has 0 unspecified atom stereocenters. The molecule has 2 aromatic rings. The summed E-state index contributed by atoms with van der Waals surface area (Å²) in [5.41, 5.74) is 5.75. The van der Waals surface area contributed by atoms with Crippen molar-refractivity contribution in [3.05, 3.63) is 34.2 Å². The van der Waals surface area contributed by atoms with E-state index in [2.05, 4.69) is 5.32 Å². The standard InChI is InChI=1S/C15H17ClN2OS/c16-11-2-1-10-7-14(20-13(10)8-11)15(19)18-4-3-9-5-12(17)6-9/h1-2,7-9,12H,3-6,17H2,(H,18,19). The molecule has 1 aliphatic rings. The van der Waals surface area contributed by atoms with Crippen molar-refractivity contribution >= 4 is 38.9 Å². The third kappa shape index (κ3) is 2.97.